The van der Waals surface area contributed by atoms with Crippen LogP contribution >= 0.6 is 22.9 Å². The summed E-state index contributed by atoms with van der Waals surface area (Å²) in [6.07, 6.45) is 0. The summed E-state index contributed by atoms with van der Waals surface area (Å²) >= 11 is 6.84. The van der Waals surface area contributed by atoms with Crippen molar-refractivity contribution in [2.24, 2.45) is 0 Å². The number of rotatable bonds is 6. The van der Waals surface area contributed by atoms with Crippen molar-refractivity contribution in [3.8, 4) is 5.75 Å². The van der Waals surface area contributed by atoms with Crippen LogP contribution in [0, 0.1) is 21.7 Å². The Bertz CT molecular complexity index is 1060. The van der Waals surface area contributed by atoms with E-state index in [1.165, 1.54) is 24.3 Å². The Labute approximate surface area is 166 Å². The second-order valence-corrected chi connectivity index (χ2v) is 6.90. The molecule has 1 amide bonds. The number of amides is 1. The molecular formula is C18H11ClF2N2O4S. The van der Waals surface area contributed by atoms with Crippen LogP contribution in [0.5, 0.6) is 5.75 Å². The molecule has 0 aliphatic heterocycles. The van der Waals surface area contributed by atoms with E-state index in [2.05, 4.69) is 5.32 Å². The molecule has 1 N–H and O–H groups in total. The van der Waals surface area contributed by atoms with Crippen molar-refractivity contribution in [2.45, 2.75) is 6.61 Å². The van der Waals surface area contributed by atoms with Gasteiger partial charge in [-0.3, -0.25) is 14.9 Å². The summed E-state index contributed by atoms with van der Waals surface area (Å²) < 4.78 is 31.7. The smallest absolute Gasteiger partial charge is 0.294 e. The van der Waals surface area contributed by atoms with Crippen LogP contribution in [0.2, 0.25) is 5.02 Å². The van der Waals surface area contributed by atoms with Crippen LogP contribution in [0.1, 0.15) is 15.2 Å². The average Bonchev–Trinajstić information content (AvgIpc) is 3.11. The van der Waals surface area contributed by atoms with Crippen LogP contribution < -0.4 is 10.1 Å². The molecule has 0 spiro atoms. The van der Waals surface area contributed by atoms with Crippen molar-refractivity contribution in [3.05, 3.63) is 85.1 Å². The quantitative estimate of drug-likeness (QED) is 0.423. The molecule has 0 radical (unpaired) electrons. The number of thiophene rings is 1. The monoisotopic (exact) mass is 424 g/mol. The van der Waals surface area contributed by atoms with Crippen molar-refractivity contribution < 1.29 is 23.2 Å². The zero-order valence-corrected chi connectivity index (χ0v) is 15.5. The summed E-state index contributed by atoms with van der Waals surface area (Å²) in [5.74, 6) is -2.20. The van der Waals surface area contributed by atoms with Gasteiger partial charge in [0.15, 0.2) is 11.6 Å². The normalized spacial score (nSPS) is 10.5. The molecular weight excluding hydrogens is 414 g/mol. The first-order chi connectivity index (χ1) is 13.3. The molecule has 0 unspecified atom stereocenters. The first kappa shape index (κ1) is 19.7. The number of hydrogen-bond acceptors (Lipinski definition) is 5. The number of carbonyl (C=O) groups is 1. The van der Waals surface area contributed by atoms with Crippen molar-refractivity contribution in [3.63, 3.8) is 0 Å². The molecule has 2 aromatic carbocycles. The molecule has 0 fully saturated rings. The van der Waals surface area contributed by atoms with Gasteiger partial charge in [0.25, 0.3) is 11.6 Å². The third-order valence-corrected chi connectivity index (χ3v) is 4.78. The second-order valence-electron chi connectivity index (χ2n) is 5.56. The summed E-state index contributed by atoms with van der Waals surface area (Å²) in [5, 5.41) is 15.4. The summed E-state index contributed by atoms with van der Waals surface area (Å²) in [4.78, 5) is 23.1. The highest BCUT2D eigenvalue weighted by Crippen LogP contribution is 2.29. The molecule has 28 heavy (non-hydrogen) atoms. The minimum atomic E-state index is -0.830. The molecule has 0 saturated heterocycles. The number of nitro groups is 1. The Morgan fingerprint density at radius 2 is 2.00 bits per heavy atom. The number of carbonyl (C=O) groups excluding carboxylic acids is 1. The standard InChI is InChI=1S/C18H11ClF2N2O4S/c19-11-1-3-14(15(6-11)23(25)26)22-18(24)17-5-10(9-28-17)8-27-16-4-2-12(20)7-13(16)21/h1-7,9H,8H2,(H,22,24). The minimum Gasteiger partial charge on any atom is -0.486 e. The van der Waals surface area contributed by atoms with Gasteiger partial charge in [0.1, 0.15) is 18.1 Å². The average molecular weight is 425 g/mol. The van der Waals surface area contributed by atoms with Crippen LogP contribution in [0.25, 0.3) is 0 Å². The molecule has 0 atom stereocenters. The van der Waals surface area contributed by atoms with Crippen LogP contribution in [0.3, 0.4) is 0 Å². The maximum absolute atomic E-state index is 13.6. The lowest BCUT2D eigenvalue weighted by Crippen LogP contribution is -2.11. The van der Waals surface area contributed by atoms with E-state index in [1.54, 1.807) is 5.38 Å². The number of ether oxygens (including phenoxy) is 1. The fourth-order valence-corrected chi connectivity index (χ4v) is 3.23. The number of halogens is 3. The Balaban J connectivity index is 1.68. The van der Waals surface area contributed by atoms with Crippen molar-refractivity contribution >= 4 is 40.2 Å². The van der Waals surface area contributed by atoms with Crippen LogP contribution in [-0.4, -0.2) is 10.8 Å². The minimum absolute atomic E-state index is 0.0129. The van der Waals surface area contributed by atoms with Crippen molar-refractivity contribution in [2.75, 3.05) is 5.32 Å². The molecule has 0 saturated carbocycles. The Hall–Kier alpha value is -3.04. The van der Waals surface area contributed by atoms with E-state index in [9.17, 15) is 23.7 Å². The zero-order chi connectivity index (χ0) is 20.3. The number of benzene rings is 2. The fourth-order valence-electron chi connectivity index (χ4n) is 2.27. The predicted octanol–water partition coefficient (Wildman–Crippen LogP) is 5.42. The van der Waals surface area contributed by atoms with E-state index in [4.69, 9.17) is 16.3 Å². The van der Waals surface area contributed by atoms with Crippen LogP contribution in [-0.2, 0) is 6.61 Å². The number of anilines is 1. The number of nitrogens with one attached hydrogen (secondary N) is 1. The van der Waals surface area contributed by atoms with E-state index in [0.717, 1.165) is 23.5 Å². The second kappa shape index (κ2) is 8.32. The van der Waals surface area contributed by atoms with Crippen LogP contribution in [0.4, 0.5) is 20.2 Å². The van der Waals surface area contributed by atoms with Gasteiger partial charge < -0.3 is 10.1 Å². The number of hydrogen-bond donors (Lipinski definition) is 1. The van der Waals surface area contributed by atoms with E-state index in [-0.39, 0.29) is 33.6 Å². The van der Waals surface area contributed by atoms with E-state index in [1.807, 2.05) is 0 Å². The molecule has 10 heteroatoms. The van der Waals surface area contributed by atoms with Crippen LogP contribution in [0.15, 0.2) is 47.8 Å². The van der Waals surface area contributed by atoms with Gasteiger partial charge in [-0.05, 0) is 35.7 Å². The van der Waals surface area contributed by atoms with Gasteiger partial charge >= 0.3 is 0 Å². The molecule has 0 bridgehead atoms. The molecule has 3 rings (SSSR count). The highest BCUT2D eigenvalue weighted by molar-refractivity contribution is 7.12. The summed E-state index contributed by atoms with van der Waals surface area (Å²) in [6.45, 7) is -0.0343. The van der Waals surface area contributed by atoms with E-state index < -0.39 is 22.5 Å². The number of nitrogens with zero attached hydrogens (tertiary/aromatic N) is 1. The Morgan fingerprint density at radius 3 is 2.71 bits per heavy atom. The topological polar surface area (TPSA) is 81.5 Å². The maximum atomic E-state index is 13.6. The number of nitro benzene ring substituents is 1. The zero-order valence-electron chi connectivity index (χ0n) is 13.9. The van der Waals surface area contributed by atoms with Crippen molar-refractivity contribution in [1.82, 2.24) is 0 Å². The van der Waals surface area contributed by atoms with Gasteiger partial charge in [0, 0.05) is 22.7 Å². The van der Waals surface area contributed by atoms with Gasteiger partial charge in [0.2, 0.25) is 0 Å². The third kappa shape index (κ3) is 4.62. The predicted molar refractivity (Wildman–Crippen MR) is 101 cm³/mol. The third-order valence-electron chi connectivity index (χ3n) is 3.57. The lowest BCUT2D eigenvalue weighted by Gasteiger charge is -2.06. The summed E-state index contributed by atoms with van der Waals surface area (Å²) in [7, 11) is 0. The first-order valence-corrected chi connectivity index (χ1v) is 9.00. The highest BCUT2D eigenvalue weighted by atomic mass is 35.5. The lowest BCUT2D eigenvalue weighted by molar-refractivity contribution is -0.383. The van der Waals surface area contributed by atoms with E-state index >= 15 is 0 Å². The molecule has 0 aliphatic carbocycles. The van der Waals surface area contributed by atoms with Gasteiger partial charge in [-0.25, -0.2) is 8.78 Å². The molecule has 144 valence electrons. The highest BCUT2D eigenvalue weighted by Gasteiger charge is 2.18. The van der Waals surface area contributed by atoms with Gasteiger partial charge in [0.05, 0.1) is 9.80 Å². The summed E-state index contributed by atoms with van der Waals surface area (Å²) in [6, 6.07) is 8.38. The molecule has 1 heterocycles. The summed E-state index contributed by atoms with van der Waals surface area (Å²) in [5.41, 5.74) is 0.274. The lowest BCUT2D eigenvalue weighted by atomic mass is 10.2. The van der Waals surface area contributed by atoms with Crippen molar-refractivity contribution in [1.29, 1.82) is 0 Å². The van der Waals surface area contributed by atoms with Gasteiger partial charge in [-0.2, -0.15) is 0 Å². The molecule has 6 nitrogen and oxygen atoms in total. The van der Waals surface area contributed by atoms with E-state index in [0.29, 0.717) is 11.6 Å². The maximum Gasteiger partial charge on any atom is 0.294 e. The SMILES string of the molecule is O=C(Nc1ccc(Cl)cc1[N+](=O)[O-])c1cc(COc2ccc(F)cc2F)cs1. The first-order valence-electron chi connectivity index (χ1n) is 7.74. The van der Waals surface area contributed by atoms with Gasteiger partial charge in [-0.1, -0.05) is 11.6 Å². The largest absolute Gasteiger partial charge is 0.486 e. The molecule has 1 aromatic heterocycles. The Morgan fingerprint density at radius 1 is 1.21 bits per heavy atom. The molecule has 0 aliphatic rings. The molecule has 3 aromatic rings. The Kier molecular flexibility index (Phi) is 5.86. The fraction of sp³-hybridized carbons (Fsp3) is 0.0556. The van der Waals surface area contributed by atoms with Gasteiger partial charge in [-0.15, -0.1) is 11.3 Å².